The summed E-state index contributed by atoms with van der Waals surface area (Å²) in [6, 6.07) is 14.3. The van der Waals surface area contributed by atoms with Gasteiger partial charge in [-0.25, -0.2) is 0 Å². The van der Waals surface area contributed by atoms with Crippen LogP contribution in [0.4, 0.5) is 0 Å². The topological polar surface area (TPSA) is 39.9 Å². The van der Waals surface area contributed by atoms with E-state index in [1.54, 1.807) is 6.20 Å². The third-order valence-corrected chi connectivity index (χ3v) is 4.30. The first kappa shape index (κ1) is 18.6. The average Bonchev–Trinajstić information content (AvgIpc) is 2.65. The molecular weight excluding hydrogens is 325 g/mol. The lowest BCUT2D eigenvalue weighted by Crippen LogP contribution is -2.18. The number of likely N-dealkylation sites (N-methyl/N-ethyl adjacent to an activating group) is 1. The Kier molecular flexibility index (Phi) is 6.69. The fourth-order valence-corrected chi connectivity index (χ4v) is 2.74. The largest absolute Gasteiger partial charge is 0.370 e. The number of nitrogens with zero attached hydrogens (tertiary/aromatic N) is 3. The summed E-state index contributed by atoms with van der Waals surface area (Å²) >= 11 is 0. The van der Waals surface area contributed by atoms with Gasteiger partial charge in [0.05, 0.1) is 18.3 Å². The van der Waals surface area contributed by atoms with Gasteiger partial charge in [0.15, 0.2) is 0 Å². The molecule has 4 heteroatoms. The predicted octanol–water partition coefficient (Wildman–Crippen LogP) is 4.18. The van der Waals surface area contributed by atoms with Crippen molar-refractivity contribution in [2.45, 2.75) is 6.92 Å². The molecule has 1 atom stereocenters. The highest BCUT2D eigenvalue weighted by Crippen LogP contribution is 2.22. The van der Waals surface area contributed by atoms with Crippen LogP contribution < -0.4 is 5.30 Å². The van der Waals surface area contributed by atoms with Crippen molar-refractivity contribution in [1.29, 1.82) is 5.26 Å². The molecule has 0 bridgehead atoms. The summed E-state index contributed by atoms with van der Waals surface area (Å²) in [5, 5.41) is 10.3. The van der Waals surface area contributed by atoms with Crippen molar-refractivity contribution in [2.75, 3.05) is 13.6 Å². The van der Waals surface area contributed by atoms with Crippen molar-refractivity contribution in [1.82, 2.24) is 9.88 Å². The van der Waals surface area contributed by atoms with Crippen molar-refractivity contribution >= 4 is 20.2 Å². The SMILES string of the molecule is C=C(c1ccc(-c2ncccc2P)cc1)N(C)C/C(C#N)=C\C=C/C. The minimum absolute atomic E-state index is 0.525. The summed E-state index contributed by atoms with van der Waals surface area (Å²) in [7, 11) is 4.65. The summed E-state index contributed by atoms with van der Waals surface area (Å²) in [4.78, 5) is 6.42. The number of rotatable bonds is 6. The monoisotopic (exact) mass is 347 g/mol. The zero-order chi connectivity index (χ0) is 18.2. The van der Waals surface area contributed by atoms with Crippen LogP contribution in [0, 0.1) is 11.3 Å². The second kappa shape index (κ2) is 8.97. The highest BCUT2D eigenvalue weighted by molar-refractivity contribution is 7.27. The van der Waals surface area contributed by atoms with Crippen molar-refractivity contribution in [2.24, 2.45) is 0 Å². The third-order valence-electron chi connectivity index (χ3n) is 3.83. The fourth-order valence-electron chi connectivity index (χ4n) is 2.39. The minimum Gasteiger partial charge on any atom is -0.370 e. The predicted molar refractivity (Wildman–Crippen MR) is 109 cm³/mol. The highest BCUT2D eigenvalue weighted by Gasteiger charge is 2.09. The first-order valence-electron chi connectivity index (χ1n) is 8.00. The van der Waals surface area contributed by atoms with Crippen molar-refractivity contribution < 1.29 is 0 Å². The summed E-state index contributed by atoms with van der Waals surface area (Å²) in [6.07, 6.45) is 7.40. The van der Waals surface area contributed by atoms with E-state index in [1.807, 2.05) is 73.5 Å². The maximum Gasteiger partial charge on any atom is 0.0966 e. The molecule has 0 aliphatic heterocycles. The molecule has 0 amide bonds. The smallest absolute Gasteiger partial charge is 0.0966 e. The van der Waals surface area contributed by atoms with Gasteiger partial charge in [0.25, 0.3) is 0 Å². The number of pyridine rings is 1. The lowest BCUT2D eigenvalue weighted by molar-refractivity contribution is 0.529. The van der Waals surface area contributed by atoms with E-state index in [-0.39, 0.29) is 0 Å². The molecule has 1 unspecified atom stereocenters. The summed E-state index contributed by atoms with van der Waals surface area (Å²) in [5.41, 5.74) is 4.62. The number of hydrogen-bond acceptors (Lipinski definition) is 3. The first-order valence-corrected chi connectivity index (χ1v) is 8.57. The molecule has 2 rings (SSSR count). The minimum atomic E-state index is 0.525. The molecule has 1 aromatic heterocycles. The molecular formula is C21H22N3P. The second-order valence-electron chi connectivity index (χ2n) is 5.65. The number of allylic oxidation sites excluding steroid dienone is 3. The fraction of sp³-hybridized carbons (Fsp3) is 0.143. The molecule has 0 spiro atoms. The van der Waals surface area contributed by atoms with E-state index in [0.717, 1.165) is 27.8 Å². The van der Waals surface area contributed by atoms with E-state index >= 15 is 0 Å². The molecule has 0 N–H and O–H groups in total. The molecule has 0 aliphatic carbocycles. The average molecular weight is 347 g/mol. The molecule has 0 radical (unpaired) electrons. The van der Waals surface area contributed by atoms with Gasteiger partial charge in [0.1, 0.15) is 0 Å². The van der Waals surface area contributed by atoms with E-state index in [9.17, 15) is 5.26 Å². The maximum absolute atomic E-state index is 9.22. The molecule has 0 saturated heterocycles. The van der Waals surface area contributed by atoms with Crippen LogP contribution in [0.2, 0.25) is 0 Å². The lowest BCUT2D eigenvalue weighted by atomic mass is 10.1. The first-order chi connectivity index (χ1) is 12.1. The zero-order valence-electron chi connectivity index (χ0n) is 14.6. The van der Waals surface area contributed by atoms with Crippen LogP contribution in [0.1, 0.15) is 12.5 Å². The molecule has 1 aromatic carbocycles. The number of aromatic nitrogens is 1. The van der Waals surface area contributed by atoms with Crippen LogP contribution in [-0.2, 0) is 0 Å². The van der Waals surface area contributed by atoms with Gasteiger partial charge in [0, 0.05) is 30.1 Å². The van der Waals surface area contributed by atoms with Crippen LogP contribution in [-0.4, -0.2) is 23.5 Å². The summed E-state index contributed by atoms with van der Waals surface area (Å²) in [6.45, 7) is 6.62. The molecule has 3 nitrogen and oxygen atoms in total. The Morgan fingerprint density at radius 3 is 2.64 bits per heavy atom. The van der Waals surface area contributed by atoms with Crippen LogP contribution in [0.3, 0.4) is 0 Å². The van der Waals surface area contributed by atoms with Gasteiger partial charge in [-0.15, -0.1) is 9.24 Å². The Labute approximate surface area is 152 Å². The Morgan fingerprint density at radius 2 is 2.04 bits per heavy atom. The van der Waals surface area contributed by atoms with Gasteiger partial charge >= 0.3 is 0 Å². The van der Waals surface area contributed by atoms with Crippen LogP contribution >= 0.6 is 9.24 Å². The Balaban J connectivity index is 2.15. The Bertz CT molecular complexity index is 842. The van der Waals surface area contributed by atoms with Gasteiger partial charge in [-0.3, -0.25) is 4.98 Å². The molecule has 2 aromatic rings. The molecule has 1 heterocycles. The van der Waals surface area contributed by atoms with Crippen molar-refractivity contribution in [3.05, 3.63) is 78.5 Å². The van der Waals surface area contributed by atoms with Crippen molar-refractivity contribution in [3.63, 3.8) is 0 Å². The standard InChI is InChI=1S/C21H22N3P/c1-4-5-7-17(14-22)15-24(3)16(2)18-9-11-19(12-10-18)21-20(25)8-6-13-23-21/h4-13H,2,15,25H2,1,3H3/b5-4-,17-7-. The quantitative estimate of drug-likeness (QED) is 0.447. The van der Waals surface area contributed by atoms with E-state index < -0.39 is 0 Å². The van der Waals surface area contributed by atoms with E-state index in [0.29, 0.717) is 12.1 Å². The number of benzene rings is 1. The normalized spacial score (nSPS) is 11.4. The van der Waals surface area contributed by atoms with Crippen LogP contribution in [0.25, 0.3) is 17.0 Å². The molecule has 0 fully saturated rings. The van der Waals surface area contributed by atoms with Gasteiger partial charge in [-0.05, 0) is 29.9 Å². The van der Waals surface area contributed by atoms with E-state index in [4.69, 9.17) is 0 Å². The molecule has 0 aliphatic rings. The number of hydrogen-bond donors (Lipinski definition) is 0. The Hall–Kier alpha value is -2.69. The Morgan fingerprint density at radius 1 is 1.32 bits per heavy atom. The third kappa shape index (κ3) is 4.89. The summed E-state index contributed by atoms with van der Waals surface area (Å²) < 4.78 is 0. The van der Waals surface area contributed by atoms with Gasteiger partial charge in [0.2, 0.25) is 0 Å². The van der Waals surface area contributed by atoms with Gasteiger partial charge < -0.3 is 4.90 Å². The second-order valence-corrected chi connectivity index (χ2v) is 6.27. The number of nitriles is 1. The lowest BCUT2D eigenvalue weighted by Gasteiger charge is -2.21. The van der Waals surface area contributed by atoms with E-state index in [1.165, 1.54) is 0 Å². The molecule has 25 heavy (non-hydrogen) atoms. The van der Waals surface area contributed by atoms with Crippen molar-refractivity contribution in [3.8, 4) is 17.3 Å². The zero-order valence-corrected chi connectivity index (χ0v) is 15.8. The highest BCUT2D eigenvalue weighted by atomic mass is 31.0. The maximum atomic E-state index is 9.22. The molecule has 126 valence electrons. The van der Waals surface area contributed by atoms with Crippen LogP contribution in [0.15, 0.2) is 73.0 Å². The van der Waals surface area contributed by atoms with Gasteiger partial charge in [-0.2, -0.15) is 5.26 Å². The van der Waals surface area contributed by atoms with E-state index in [2.05, 4.69) is 26.9 Å². The van der Waals surface area contributed by atoms with Gasteiger partial charge in [-0.1, -0.05) is 49.1 Å². The van der Waals surface area contributed by atoms with Crippen LogP contribution in [0.5, 0.6) is 0 Å². The summed E-state index contributed by atoms with van der Waals surface area (Å²) in [5.74, 6) is 0. The molecule has 0 saturated carbocycles.